The van der Waals surface area contributed by atoms with E-state index in [1.807, 2.05) is 32.3 Å². The molecule has 0 aliphatic heterocycles. The molecule has 0 saturated carbocycles. The molecular weight excluding hydrogens is 348 g/mol. The Hall–Kier alpha value is 0.0600. The number of rotatable bonds is 6. The van der Waals surface area contributed by atoms with E-state index in [-0.39, 0.29) is 12.6 Å². The average Bonchev–Trinajstić information content (AvgIpc) is 2.28. The molecule has 0 spiro atoms. The smallest absolute Gasteiger partial charge is 0.0626 e. The number of hydrogen-bond acceptors (Lipinski definition) is 3. The van der Waals surface area contributed by atoms with Gasteiger partial charge in [0.1, 0.15) is 0 Å². The van der Waals surface area contributed by atoms with Gasteiger partial charge in [0.2, 0.25) is 0 Å². The summed E-state index contributed by atoms with van der Waals surface area (Å²) >= 11 is 6.91. The third-order valence-corrected chi connectivity index (χ3v) is 4.36. The summed E-state index contributed by atoms with van der Waals surface area (Å²) in [6, 6.07) is 6.00. The topological polar surface area (TPSA) is 35.5 Å². The second kappa shape index (κ2) is 7.48. The molecule has 0 fully saturated rings. The summed E-state index contributed by atoms with van der Waals surface area (Å²) in [4.78, 5) is 2.11. The SMILES string of the molecule is CN(C)CCNC(CO)c1ccc(Br)c(Br)c1. The monoisotopic (exact) mass is 364 g/mol. The minimum absolute atomic E-state index is 0.0145. The maximum atomic E-state index is 9.40. The Kier molecular flexibility index (Phi) is 6.66. The molecule has 0 amide bonds. The van der Waals surface area contributed by atoms with Gasteiger partial charge in [0.25, 0.3) is 0 Å². The lowest BCUT2D eigenvalue weighted by Crippen LogP contribution is -2.31. The molecule has 1 aromatic rings. The molecule has 1 rings (SSSR count). The molecule has 17 heavy (non-hydrogen) atoms. The first kappa shape index (κ1) is 15.1. The lowest BCUT2D eigenvalue weighted by atomic mass is 10.1. The Morgan fingerprint density at radius 1 is 1.29 bits per heavy atom. The summed E-state index contributed by atoms with van der Waals surface area (Å²) in [5.41, 5.74) is 1.08. The van der Waals surface area contributed by atoms with Gasteiger partial charge in [-0.2, -0.15) is 0 Å². The van der Waals surface area contributed by atoms with Gasteiger partial charge in [-0.3, -0.25) is 0 Å². The standard InChI is InChI=1S/C12H18Br2N2O/c1-16(2)6-5-15-12(8-17)9-3-4-10(13)11(14)7-9/h3-4,7,12,15,17H,5-6,8H2,1-2H3. The Bertz CT molecular complexity index is 358. The van der Waals surface area contributed by atoms with E-state index in [4.69, 9.17) is 0 Å². The molecule has 1 aromatic carbocycles. The fourth-order valence-corrected chi connectivity index (χ4v) is 2.12. The molecule has 0 aliphatic rings. The molecule has 0 saturated heterocycles. The van der Waals surface area contributed by atoms with Crippen LogP contribution in [0.3, 0.4) is 0 Å². The van der Waals surface area contributed by atoms with Crippen LogP contribution in [-0.4, -0.2) is 43.8 Å². The minimum Gasteiger partial charge on any atom is -0.394 e. The number of aliphatic hydroxyl groups is 1. The third kappa shape index (κ3) is 5.06. The normalized spacial score (nSPS) is 13.1. The lowest BCUT2D eigenvalue weighted by molar-refractivity contribution is 0.240. The first-order chi connectivity index (χ1) is 8.04. The predicted octanol–water partition coefficient (Wildman–Crippen LogP) is 2.40. The highest BCUT2D eigenvalue weighted by Gasteiger charge is 2.10. The maximum Gasteiger partial charge on any atom is 0.0626 e. The van der Waals surface area contributed by atoms with Crippen molar-refractivity contribution in [2.75, 3.05) is 33.8 Å². The van der Waals surface area contributed by atoms with Crippen molar-refractivity contribution in [2.45, 2.75) is 6.04 Å². The van der Waals surface area contributed by atoms with Gasteiger partial charge in [-0.05, 0) is 63.7 Å². The van der Waals surface area contributed by atoms with Gasteiger partial charge in [0.15, 0.2) is 0 Å². The van der Waals surface area contributed by atoms with Crippen molar-refractivity contribution < 1.29 is 5.11 Å². The van der Waals surface area contributed by atoms with E-state index < -0.39 is 0 Å². The van der Waals surface area contributed by atoms with Crippen molar-refractivity contribution in [3.8, 4) is 0 Å². The molecule has 0 radical (unpaired) electrons. The van der Waals surface area contributed by atoms with E-state index in [0.29, 0.717) is 0 Å². The second-order valence-electron chi connectivity index (χ2n) is 4.17. The van der Waals surface area contributed by atoms with Gasteiger partial charge in [-0.1, -0.05) is 6.07 Å². The highest BCUT2D eigenvalue weighted by molar-refractivity contribution is 9.13. The van der Waals surface area contributed by atoms with Gasteiger partial charge >= 0.3 is 0 Å². The Morgan fingerprint density at radius 2 is 2.00 bits per heavy atom. The Morgan fingerprint density at radius 3 is 2.53 bits per heavy atom. The van der Waals surface area contributed by atoms with E-state index in [1.165, 1.54) is 0 Å². The van der Waals surface area contributed by atoms with Gasteiger partial charge in [0.05, 0.1) is 12.6 Å². The molecule has 1 atom stereocenters. The van der Waals surface area contributed by atoms with Crippen LogP contribution in [0.2, 0.25) is 0 Å². The molecule has 3 nitrogen and oxygen atoms in total. The summed E-state index contributed by atoms with van der Waals surface area (Å²) < 4.78 is 2.02. The van der Waals surface area contributed by atoms with Crippen molar-refractivity contribution in [1.29, 1.82) is 0 Å². The summed E-state index contributed by atoms with van der Waals surface area (Å²) in [7, 11) is 4.07. The Balaban J connectivity index is 2.62. The zero-order valence-corrected chi connectivity index (χ0v) is 13.3. The number of nitrogens with zero attached hydrogens (tertiary/aromatic N) is 1. The second-order valence-corrected chi connectivity index (χ2v) is 5.87. The molecular formula is C12H18Br2N2O. The van der Waals surface area contributed by atoms with Crippen molar-refractivity contribution in [2.24, 2.45) is 0 Å². The summed E-state index contributed by atoms with van der Waals surface area (Å²) in [6.45, 7) is 1.90. The van der Waals surface area contributed by atoms with Crippen LogP contribution in [0.5, 0.6) is 0 Å². The highest BCUT2D eigenvalue weighted by Crippen LogP contribution is 2.26. The average molecular weight is 366 g/mol. The summed E-state index contributed by atoms with van der Waals surface area (Å²) in [6.07, 6.45) is 0. The van der Waals surface area contributed by atoms with E-state index in [1.54, 1.807) is 0 Å². The minimum atomic E-state index is -0.0145. The van der Waals surface area contributed by atoms with Crippen LogP contribution in [0.4, 0.5) is 0 Å². The number of halogens is 2. The van der Waals surface area contributed by atoms with Gasteiger partial charge < -0.3 is 15.3 Å². The number of likely N-dealkylation sites (N-methyl/N-ethyl adjacent to an activating group) is 1. The van der Waals surface area contributed by atoms with E-state index >= 15 is 0 Å². The molecule has 0 heterocycles. The fourth-order valence-electron chi connectivity index (χ4n) is 1.48. The number of benzene rings is 1. The van der Waals surface area contributed by atoms with Crippen LogP contribution in [-0.2, 0) is 0 Å². The van der Waals surface area contributed by atoms with Crippen molar-refractivity contribution in [1.82, 2.24) is 10.2 Å². The van der Waals surface area contributed by atoms with E-state index in [0.717, 1.165) is 27.6 Å². The maximum absolute atomic E-state index is 9.40. The van der Waals surface area contributed by atoms with Crippen LogP contribution >= 0.6 is 31.9 Å². The Labute approximate surface area is 119 Å². The highest BCUT2D eigenvalue weighted by atomic mass is 79.9. The molecule has 5 heteroatoms. The first-order valence-corrected chi connectivity index (χ1v) is 7.07. The van der Waals surface area contributed by atoms with Crippen molar-refractivity contribution >= 4 is 31.9 Å². The van der Waals surface area contributed by atoms with Gasteiger partial charge in [-0.15, -0.1) is 0 Å². The van der Waals surface area contributed by atoms with Crippen LogP contribution in [0.1, 0.15) is 11.6 Å². The molecule has 96 valence electrons. The third-order valence-electron chi connectivity index (χ3n) is 2.48. The molecule has 0 aliphatic carbocycles. The molecule has 1 unspecified atom stereocenters. The summed E-state index contributed by atoms with van der Waals surface area (Å²) in [5.74, 6) is 0. The number of aliphatic hydroxyl groups excluding tert-OH is 1. The van der Waals surface area contributed by atoms with Crippen LogP contribution in [0.15, 0.2) is 27.1 Å². The van der Waals surface area contributed by atoms with Gasteiger partial charge in [0, 0.05) is 22.0 Å². The van der Waals surface area contributed by atoms with Crippen LogP contribution in [0, 0.1) is 0 Å². The quantitative estimate of drug-likeness (QED) is 0.812. The zero-order valence-electron chi connectivity index (χ0n) is 10.1. The first-order valence-electron chi connectivity index (χ1n) is 5.48. The van der Waals surface area contributed by atoms with E-state index in [2.05, 4.69) is 42.1 Å². The number of nitrogens with one attached hydrogen (secondary N) is 1. The van der Waals surface area contributed by atoms with Crippen LogP contribution in [0.25, 0.3) is 0 Å². The molecule has 0 aromatic heterocycles. The van der Waals surface area contributed by atoms with Crippen LogP contribution < -0.4 is 5.32 Å². The molecule has 2 N–H and O–H groups in total. The van der Waals surface area contributed by atoms with Gasteiger partial charge in [-0.25, -0.2) is 0 Å². The lowest BCUT2D eigenvalue weighted by Gasteiger charge is -2.19. The van der Waals surface area contributed by atoms with Crippen molar-refractivity contribution in [3.05, 3.63) is 32.7 Å². The summed E-state index contributed by atoms with van der Waals surface area (Å²) in [5, 5.41) is 12.7. The van der Waals surface area contributed by atoms with Crippen molar-refractivity contribution in [3.63, 3.8) is 0 Å². The molecule has 0 bridgehead atoms. The zero-order chi connectivity index (χ0) is 12.8. The fraction of sp³-hybridized carbons (Fsp3) is 0.500. The van der Waals surface area contributed by atoms with E-state index in [9.17, 15) is 5.11 Å². The largest absolute Gasteiger partial charge is 0.394 e. The predicted molar refractivity (Wildman–Crippen MR) is 78.2 cm³/mol. The number of hydrogen-bond donors (Lipinski definition) is 2.